The summed E-state index contributed by atoms with van der Waals surface area (Å²) >= 11 is 1.67. The summed E-state index contributed by atoms with van der Waals surface area (Å²) in [5, 5.41) is 5.36. The molecule has 126 valence electrons. The van der Waals surface area contributed by atoms with E-state index >= 15 is 0 Å². The van der Waals surface area contributed by atoms with E-state index in [0.717, 1.165) is 39.3 Å². The van der Waals surface area contributed by atoms with Gasteiger partial charge >= 0.3 is 0 Å². The normalized spacial score (nSPS) is 16.4. The van der Waals surface area contributed by atoms with E-state index in [1.165, 1.54) is 12.1 Å². The Morgan fingerprint density at radius 3 is 2.54 bits per heavy atom. The van der Waals surface area contributed by atoms with Crippen LogP contribution in [-0.4, -0.2) is 27.2 Å². The molecule has 1 aliphatic rings. The summed E-state index contributed by atoms with van der Waals surface area (Å²) in [6, 6.07) is 8.94. The molecule has 0 spiro atoms. The minimum absolute atomic E-state index is 0.226. The molecule has 0 aliphatic carbocycles. The van der Waals surface area contributed by atoms with Crippen LogP contribution in [0.25, 0.3) is 5.69 Å². The van der Waals surface area contributed by atoms with E-state index in [1.807, 2.05) is 13.8 Å². The molecule has 3 rings (SSSR count). The van der Waals surface area contributed by atoms with Gasteiger partial charge in [0.25, 0.3) is 0 Å². The van der Waals surface area contributed by atoms with Crippen LogP contribution in [0, 0.1) is 19.7 Å². The van der Waals surface area contributed by atoms with Crippen molar-refractivity contribution in [3.63, 3.8) is 0 Å². The lowest BCUT2D eigenvalue weighted by atomic mass is 10.1. The van der Waals surface area contributed by atoms with E-state index < -0.39 is 0 Å². The van der Waals surface area contributed by atoms with E-state index in [4.69, 9.17) is 0 Å². The number of aliphatic imine (C=N–C) groups is 1. The molecule has 0 unspecified atom stereocenters. The number of aromatic nitrogens is 1. The van der Waals surface area contributed by atoms with Gasteiger partial charge in [0, 0.05) is 34.4 Å². The highest BCUT2D eigenvalue weighted by Gasteiger charge is 2.19. The second kappa shape index (κ2) is 6.81. The molecule has 6 heteroatoms. The molecule has 0 atom stereocenters. The number of amidine groups is 1. The van der Waals surface area contributed by atoms with E-state index in [0.29, 0.717) is 0 Å². The largest absolute Gasteiger partial charge is 0.318 e. The molecule has 0 radical (unpaired) electrons. The highest BCUT2D eigenvalue weighted by molar-refractivity contribution is 8.14. The molecule has 0 saturated carbocycles. The lowest BCUT2D eigenvalue weighted by Gasteiger charge is -2.16. The number of nitrogens with one attached hydrogen (secondary N) is 1. The average Bonchev–Trinajstić information content (AvgIpc) is 2.83. The van der Waals surface area contributed by atoms with Crippen LogP contribution in [0.5, 0.6) is 0 Å². The van der Waals surface area contributed by atoms with Gasteiger partial charge in [0.2, 0.25) is 0 Å². The number of rotatable bonds is 3. The maximum Gasteiger partial charge on any atom is 0.177 e. The maximum atomic E-state index is 13.2. The highest BCUT2D eigenvalue weighted by atomic mass is 32.2. The molecule has 2 heterocycles. The van der Waals surface area contributed by atoms with E-state index in [2.05, 4.69) is 40.0 Å². The van der Waals surface area contributed by atoms with Crippen molar-refractivity contribution in [2.24, 2.45) is 10.1 Å². The van der Waals surface area contributed by atoms with Crippen molar-refractivity contribution in [2.45, 2.75) is 33.7 Å². The van der Waals surface area contributed by atoms with Gasteiger partial charge in [0.1, 0.15) is 5.82 Å². The number of hydrogen-bond acceptors (Lipinski definition) is 3. The van der Waals surface area contributed by atoms with Crippen molar-refractivity contribution in [3.8, 4) is 5.69 Å². The van der Waals surface area contributed by atoms with Gasteiger partial charge in [-0.2, -0.15) is 5.10 Å². The predicted molar refractivity (Wildman–Crippen MR) is 99.9 cm³/mol. The second-order valence-electron chi connectivity index (χ2n) is 6.08. The predicted octanol–water partition coefficient (Wildman–Crippen LogP) is 4.04. The summed E-state index contributed by atoms with van der Waals surface area (Å²) in [6.45, 7) is 8.21. The van der Waals surface area contributed by atoms with Crippen molar-refractivity contribution in [2.75, 3.05) is 5.75 Å². The highest BCUT2D eigenvalue weighted by Crippen LogP contribution is 2.24. The molecule has 4 nitrogen and oxygen atoms in total. The SMILES string of the molecule is Cc1cc(C2=NNC(=NC(C)C)SC2)c(C)n1-c1ccc(F)cc1. The molecule has 1 aromatic heterocycles. The zero-order chi connectivity index (χ0) is 17.3. The van der Waals surface area contributed by atoms with Gasteiger partial charge in [-0.1, -0.05) is 11.8 Å². The van der Waals surface area contributed by atoms with Gasteiger partial charge in [-0.25, -0.2) is 4.39 Å². The van der Waals surface area contributed by atoms with Crippen molar-refractivity contribution in [3.05, 3.63) is 53.1 Å². The van der Waals surface area contributed by atoms with Gasteiger partial charge in [-0.05, 0) is 58.0 Å². The summed E-state index contributed by atoms with van der Waals surface area (Å²) in [5.41, 5.74) is 8.32. The van der Waals surface area contributed by atoms with Crippen molar-refractivity contribution in [1.82, 2.24) is 9.99 Å². The van der Waals surface area contributed by atoms with Crippen LogP contribution < -0.4 is 5.43 Å². The fourth-order valence-corrected chi connectivity index (χ4v) is 3.69. The first-order valence-corrected chi connectivity index (χ1v) is 8.92. The number of hydrogen-bond donors (Lipinski definition) is 1. The molecule has 0 saturated heterocycles. The third-order valence-electron chi connectivity index (χ3n) is 3.83. The van der Waals surface area contributed by atoms with Crippen molar-refractivity contribution >= 4 is 22.6 Å². The van der Waals surface area contributed by atoms with Crippen molar-refractivity contribution < 1.29 is 4.39 Å². The van der Waals surface area contributed by atoms with Crippen LogP contribution in [-0.2, 0) is 0 Å². The first-order valence-electron chi connectivity index (χ1n) is 7.94. The van der Waals surface area contributed by atoms with Crippen LogP contribution in [0.2, 0.25) is 0 Å². The molecule has 0 bridgehead atoms. The van der Waals surface area contributed by atoms with E-state index in [1.54, 1.807) is 23.9 Å². The molecule has 0 amide bonds. The van der Waals surface area contributed by atoms with Gasteiger partial charge in [0.05, 0.1) is 5.71 Å². The molecule has 1 N–H and O–H groups in total. The smallest absolute Gasteiger partial charge is 0.177 e. The van der Waals surface area contributed by atoms with Gasteiger partial charge in [-0.3, -0.25) is 10.4 Å². The molecule has 0 fully saturated rings. The number of benzene rings is 1. The average molecular weight is 344 g/mol. The third kappa shape index (κ3) is 3.38. The summed E-state index contributed by atoms with van der Waals surface area (Å²) < 4.78 is 15.3. The summed E-state index contributed by atoms with van der Waals surface area (Å²) in [5.74, 6) is 0.558. The molecule has 1 aliphatic heterocycles. The third-order valence-corrected chi connectivity index (χ3v) is 4.72. The molecular formula is C18H21FN4S. The molecule has 2 aromatic rings. The van der Waals surface area contributed by atoms with E-state index in [-0.39, 0.29) is 11.9 Å². The lowest BCUT2D eigenvalue weighted by Crippen LogP contribution is -2.26. The van der Waals surface area contributed by atoms with Crippen LogP contribution >= 0.6 is 11.8 Å². The van der Waals surface area contributed by atoms with Gasteiger partial charge in [0.15, 0.2) is 5.17 Å². The topological polar surface area (TPSA) is 41.7 Å². The summed E-state index contributed by atoms with van der Waals surface area (Å²) in [7, 11) is 0. The van der Waals surface area contributed by atoms with Gasteiger partial charge < -0.3 is 4.57 Å². The number of aryl methyl sites for hydroxylation is 1. The van der Waals surface area contributed by atoms with Crippen LogP contribution in [0.4, 0.5) is 4.39 Å². The Hall–Kier alpha value is -2.08. The molecule has 24 heavy (non-hydrogen) atoms. The minimum Gasteiger partial charge on any atom is -0.318 e. The Bertz CT molecular complexity index is 803. The van der Waals surface area contributed by atoms with Crippen LogP contribution in [0.15, 0.2) is 40.4 Å². The summed E-state index contributed by atoms with van der Waals surface area (Å²) in [4.78, 5) is 4.49. The lowest BCUT2D eigenvalue weighted by molar-refractivity contribution is 0.627. The van der Waals surface area contributed by atoms with E-state index in [9.17, 15) is 4.39 Å². The number of nitrogens with zero attached hydrogens (tertiary/aromatic N) is 3. The van der Waals surface area contributed by atoms with Gasteiger partial charge in [-0.15, -0.1) is 0 Å². The first-order chi connectivity index (χ1) is 11.5. The summed E-state index contributed by atoms with van der Waals surface area (Å²) in [6.07, 6.45) is 0. The zero-order valence-corrected chi connectivity index (χ0v) is 15.1. The Labute approximate surface area is 145 Å². The minimum atomic E-state index is -0.226. The number of hydrazone groups is 1. The number of halogens is 1. The Morgan fingerprint density at radius 1 is 1.25 bits per heavy atom. The zero-order valence-electron chi connectivity index (χ0n) is 14.3. The Balaban J connectivity index is 1.93. The quantitative estimate of drug-likeness (QED) is 0.913. The molecular weight excluding hydrogens is 323 g/mol. The monoisotopic (exact) mass is 344 g/mol. The second-order valence-corrected chi connectivity index (χ2v) is 7.05. The first kappa shape index (κ1) is 16.8. The van der Waals surface area contributed by atoms with Crippen LogP contribution in [0.1, 0.15) is 30.8 Å². The Kier molecular flexibility index (Phi) is 4.76. The fourth-order valence-electron chi connectivity index (χ4n) is 2.80. The number of thioether (sulfide) groups is 1. The van der Waals surface area contributed by atoms with Crippen LogP contribution in [0.3, 0.4) is 0 Å². The fraction of sp³-hybridized carbons (Fsp3) is 0.333. The molecule has 1 aromatic carbocycles. The maximum absolute atomic E-state index is 13.2. The van der Waals surface area contributed by atoms with Crippen molar-refractivity contribution in [1.29, 1.82) is 0 Å². The Morgan fingerprint density at radius 2 is 1.96 bits per heavy atom. The standard InChI is InChI=1S/C18H21FN4S/c1-11(2)20-18-22-21-17(10-24-18)16-9-12(3)23(13(16)4)15-7-5-14(19)6-8-15/h5-9,11H,10H2,1-4H3,(H,20,22).